The summed E-state index contributed by atoms with van der Waals surface area (Å²) >= 11 is 6.06. The molecule has 0 aromatic heterocycles. The summed E-state index contributed by atoms with van der Waals surface area (Å²) in [6, 6.07) is 14.5. The minimum Gasteiger partial charge on any atom is -0.368 e. The molecule has 144 valence electrons. The number of piperazine rings is 1. The zero-order valence-electron chi connectivity index (χ0n) is 15.3. The molecule has 1 saturated heterocycles. The summed E-state index contributed by atoms with van der Waals surface area (Å²) in [5.74, 6) is -0.186. The lowest BCUT2D eigenvalue weighted by Crippen LogP contribution is -2.48. The van der Waals surface area contributed by atoms with Crippen LogP contribution in [0.3, 0.4) is 0 Å². The molecule has 1 fully saturated rings. The van der Waals surface area contributed by atoms with Crippen LogP contribution in [0.5, 0.6) is 0 Å². The summed E-state index contributed by atoms with van der Waals surface area (Å²) in [6.45, 7) is 2.61. The first-order valence-corrected chi connectivity index (χ1v) is 10.4. The maximum absolute atomic E-state index is 12.9. The van der Waals surface area contributed by atoms with Crippen LogP contribution in [0, 0.1) is 0 Å². The molecule has 0 bridgehead atoms. The molecule has 0 aliphatic carbocycles. The van der Waals surface area contributed by atoms with E-state index in [1.54, 1.807) is 11.0 Å². The van der Waals surface area contributed by atoms with E-state index >= 15 is 0 Å². The highest BCUT2D eigenvalue weighted by Crippen LogP contribution is 2.26. The van der Waals surface area contributed by atoms with Crippen molar-refractivity contribution in [2.45, 2.75) is 4.90 Å². The standard InChI is InChI=1S/C19H22ClN3O3S/c1-21(2)27(25,26)18-14-15(8-9-17(18)20)19(24)23-12-10-22(11-13-23)16-6-4-3-5-7-16/h3-9,14H,10-13H2,1-2H3. The molecule has 1 heterocycles. The Morgan fingerprint density at radius 1 is 1.00 bits per heavy atom. The molecule has 0 atom stereocenters. The molecule has 0 unspecified atom stereocenters. The number of amides is 1. The number of nitrogens with zero attached hydrogens (tertiary/aromatic N) is 3. The fourth-order valence-corrected chi connectivity index (χ4v) is 4.41. The highest BCUT2D eigenvalue weighted by Gasteiger charge is 2.26. The predicted octanol–water partition coefficient (Wildman–Crippen LogP) is 2.55. The van der Waals surface area contributed by atoms with Gasteiger partial charge in [-0.15, -0.1) is 0 Å². The molecule has 0 spiro atoms. The molecule has 2 aromatic carbocycles. The van der Waals surface area contributed by atoms with Crippen LogP contribution in [0.1, 0.15) is 10.4 Å². The van der Waals surface area contributed by atoms with Crippen molar-refractivity contribution in [3.8, 4) is 0 Å². The molecular formula is C19H22ClN3O3S. The lowest BCUT2D eigenvalue weighted by molar-refractivity contribution is 0.0746. The van der Waals surface area contributed by atoms with E-state index in [4.69, 9.17) is 11.6 Å². The number of halogens is 1. The lowest BCUT2D eigenvalue weighted by Gasteiger charge is -2.36. The molecular weight excluding hydrogens is 386 g/mol. The Labute approximate surface area is 165 Å². The Bertz CT molecular complexity index is 924. The van der Waals surface area contributed by atoms with Gasteiger partial charge in [0.2, 0.25) is 10.0 Å². The van der Waals surface area contributed by atoms with Gasteiger partial charge in [0, 0.05) is 51.5 Å². The molecule has 0 N–H and O–H groups in total. The van der Waals surface area contributed by atoms with E-state index in [9.17, 15) is 13.2 Å². The first kappa shape index (κ1) is 19.7. The van der Waals surface area contributed by atoms with Gasteiger partial charge in [-0.1, -0.05) is 29.8 Å². The fourth-order valence-electron chi connectivity index (χ4n) is 3.02. The van der Waals surface area contributed by atoms with Crippen LogP contribution < -0.4 is 4.90 Å². The second-order valence-electron chi connectivity index (χ2n) is 6.55. The van der Waals surface area contributed by atoms with E-state index in [1.807, 2.05) is 18.2 Å². The topological polar surface area (TPSA) is 60.9 Å². The number of hydrogen-bond acceptors (Lipinski definition) is 4. The van der Waals surface area contributed by atoms with Crippen LogP contribution in [0.25, 0.3) is 0 Å². The number of carbonyl (C=O) groups excluding carboxylic acids is 1. The number of sulfonamides is 1. The molecule has 0 radical (unpaired) electrons. The van der Waals surface area contributed by atoms with Crippen molar-refractivity contribution in [3.63, 3.8) is 0 Å². The molecule has 6 nitrogen and oxygen atoms in total. The van der Waals surface area contributed by atoms with E-state index in [0.717, 1.165) is 23.1 Å². The van der Waals surface area contributed by atoms with Crippen molar-refractivity contribution >= 4 is 33.2 Å². The minimum absolute atomic E-state index is 0.0528. The summed E-state index contributed by atoms with van der Waals surface area (Å²) in [6.07, 6.45) is 0. The Balaban J connectivity index is 1.76. The van der Waals surface area contributed by atoms with E-state index in [-0.39, 0.29) is 15.8 Å². The third-order valence-electron chi connectivity index (χ3n) is 4.63. The zero-order valence-corrected chi connectivity index (χ0v) is 16.9. The lowest BCUT2D eigenvalue weighted by atomic mass is 10.1. The molecule has 1 aliphatic rings. The normalized spacial score (nSPS) is 15.3. The summed E-state index contributed by atoms with van der Waals surface area (Å²) in [4.78, 5) is 16.8. The number of rotatable bonds is 4. The number of benzene rings is 2. The fraction of sp³-hybridized carbons (Fsp3) is 0.316. The highest BCUT2D eigenvalue weighted by atomic mass is 35.5. The monoisotopic (exact) mass is 407 g/mol. The molecule has 0 saturated carbocycles. The van der Waals surface area contributed by atoms with Gasteiger partial charge in [-0.05, 0) is 30.3 Å². The predicted molar refractivity (Wildman–Crippen MR) is 107 cm³/mol. The van der Waals surface area contributed by atoms with E-state index < -0.39 is 10.0 Å². The van der Waals surface area contributed by atoms with E-state index in [2.05, 4.69) is 17.0 Å². The van der Waals surface area contributed by atoms with Crippen LogP contribution in [0.2, 0.25) is 5.02 Å². The van der Waals surface area contributed by atoms with Crippen molar-refractivity contribution in [1.29, 1.82) is 0 Å². The van der Waals surface area contributed by atoms with Gasteiger partial charge < -0.3 is 9.80 Å². The quantitative estimate of drug-likeness (QED) is 0.781. The first-order chi connectivity index (χ1) is 12.8. The van der Waals surface area contributed by atoms with Crippen LogP contribution in [0.4, 0.5) is 5.69 Å². The summed E-state index contributed by atoms with van der Waals surface area (Å²) in [5, 5.41) is 0.106. The van der Waals surface area contributed by atoms with Crippen molar-refractivity contribution in [3.05, 3.63) is 59.1 Å². The van der Waals surface area contributed by atoms with Crippen LogP contribution in [-0.2, 0) is 10.0 Å². The number of carbonyl (C=O) groups is 1. The Morgan fingerprint density at radius 3 is 2.22 bits per heavy atom. The highest BCUT2D eigenvalue weighted by molar-refractivity contribution is 7.89. The zero-order chi connectivity index (χ0) is 19.6. The van der Waals surface area contributed by atoms with E-state index in [0.29, 0.717) is 18.7 Å². The Morgan fingerprint density at radius 2 is 1.63 bits per heavy atom. The van der Waals surface area contributed by atoms with Gasteiger partial charge in [0.15, 0.2) is 0 Å². The van der Waals surface area contributed by atoms with Crippen LogP contribution in [-0.4, -0.2) is 63.8 Å². The smallest absolute Gasteiger partial charge is 0.254 e. The van der Waals surface area contributed by atoms with Crippen molar-refractivity contribution in [2.75, 3.05) is 45.2 Å². The van der Waals surface area contributed by atoms with Gasteiger partial charge >= 0.3 is 0 Å². The Kier molecular flexibility index (Phi) is 5.74. The SMILES string of the molecule is CN(C)S(=O)(=O)c1cc(C(=O)N2CCN(c3ccccc3)CC2)ccc1Cl. The first-order valence-electron chi connectivity index (χ1n) is 8.62. The third kappa shape index (κ3) is 4.10. The van der Waals surface area contributed by atoms with Gasteiger partial charge in [-0.25, -0.2) is 12.7 Å². The van der Waals surface area contributed by atoms with Gasteiger partial charge in [-0.2, -0.15) is 0 Å². The molecule has 1 amide bonds. The van der Waals surface area contributed by atoms with Crippen LogP contribution in [0.15, 0.2) is 53.4 Å². The molecule has 2 aromatic rings. The maximum Gasteiger partial charge on any atom is 0.254 e. The van der Waals surface area contributed by atoms with Gasteiger partial charge in [0.05, 0.1) is 5.02 Å². The van der Waals surface area contributed by atoms with Gasteiger partial charge in [-0.3, -0.25) is 4.79 Å². The maximum atomic E-state index is 12.9. The molecule has 3 rings (SSSR count). The largest absolute Gasteiger partial charge is 0.368 e. The summed E-state index contributed by atoms with van der Waals surface area (Å²) in [7, 11) is -0.850. The Hall–Kier alpha value is -2.09. The van der Waals surface area contributed by atoms with E-state index in [1.165, 1.54) is 26.2 Å². The van der Waals surface area contributed by atoms with Gasteiger partial charge in [0.25, 0.3) is 5.91 Å². The van der Waals surface area contributed by atoms with Crippen LogP contribution >= 0.6 is 11.6 Å². The van der Waals surface area contributed by atoms with Crippen molar-refractivity contribution in [2.24, 2.45) is 0 Å². The minimum atomic E-state index is -3.72. The molecule has 8 heteroatoms. The summed E-state index contributed by atoms with van der Waals surface area (Å²) in [5.41, 5.74) is 1.46. The number of para-hydroxylation sites is 1. The van der Waals surface area contributed by atoms with Gasteiger partial charge in [0.1, 0.15) is 4.90 Å². The summed E-state index contributed by atoms with van der Waals surface area (Å²) < 4.78 is 25.9. The molecule has 27 heavy (non-hydrogen) atoms. The number of hydrogen-bond donors (Lipinski definition) is 0. The number of anilines is 1. The van der Waals surface area contributed by atoms with Crippen molar-refractivity contribution in [1.82, 2.24) is 9.21 Å². The van der Waals surface area contributed by atoms with Crippen molar-refractivity contribution < 1.29 is 13.2 Å². The third-order valence-corrected chi connectivity index (χ3v) is 6.92. The molecule has 1 aliphatic heterocycles. The average Bonchev–Trinajstić information content (AvgIpc) is 2.68. The second-order valence-corrected chi connectivity index (χ2v) is 9.07. The average molecular weight is 408 g/mol. The second kappa shape index (κ2) is 7.88.